The highest BCUT2D eigenvalue weighted by Gasteiger charge is 2.12. The second-order valence-corrected chi connectivity index (χ2v) is 6.05. The maximum atomic E-state index is 12.5. The van der Waals surface area contributed by atoms with Gasteiger partial charge in [-0.3, -0.25) is 14.6 Å². The summed E-state index contributed by atoms with van der Waals surface area (Å²) < 4.78 is 5.17. The first-order valence-electron chi connectivity index (χ1n) is 8.16. The molecule has 0 aliphatic carbocycles. The molecule has 6 heteroatoms. The number of carbonyl (C=O) groups excluding carboxylic acids is 2. The second-order valence-electron chi connectivity index (χ2n) is 6.05. The number of anilines is 1. The van der Waals surface area contributed by atoms with Crippen molar-refractivity contribution >= 4 is 17.5 Å². The fourth-order valence-electron chi connectivity index (χ4n) is 2.62. The van der Waals surface area contributed by atoms with Crippen molar-refractivity contribution in [3.63, 3.8) is 0 Å². The zero-order chi connectivity index (χ0) is 18.5. The van der Waals surface area contributed by atoms with Crippen LogP contribution < -0.4 is 10.6 Å². The van der Waals surface area contributed by atoms with Crippen LogP contribution in [-0.2, 0) is 6.54 Å². The predicted molar refractivity (Wildman–Crippen MR) is 98.0 cm³/mol. The molecule has 0 aliphatic heterocycles. The number of nitrogens with one attached hydrogen (secondary N) is 2. The van der Waals surface area contributed by atoms with Gasteiger partial charge in [0.2, 0.25) is 0 Å². The van der Waals surface area contributed by atoms with Gasteiger partial charge in [0.05, 0.1) is 23.9 Å². The number of hydrogen-bond donors (Lipinski definition) is 2. The van der Waals surface area contributed by atoms with E-state index in [9.17, 15) is 9.59 Å². The van der Waals surface area contributed by atoms with Gasteiger partial charge in [0.15, 0.2) is 0 Å². The van der Waals surface area contributed by atoms with Crippen molar-refractivity contribution in [3.8, 4) is 0 Å². The van der Waals surface area contributed by atoms with Gasteiger partial charge >= 0.3 is 0 Å². The molecule has 0 atom stereocenters. The Bertz CT molecular complexity index is 913. The van der Waals surface area contributed by atoms with Crippen LogP contribution in [0, 0.1) is 13.8 Å². The Kier molecular flexibility index (Phi) is 5.12. The molecule has 2 aromatic heterocycles. The lowest BCUT2D eigenvalue weighted by atomic mass is 10.1. The summed E-state index contributed by atoms with van der Waals surface area (Å²) in [4.78, 5) is 28.7. The van der Waals surface area contributed by atoms with Crippen molar-refractivity contribution in [2.45, 2.75) is 20.4 Å². The molecule has 0 fully saturated rings. The van der Waals surface area contributed by atoms with Crippen LogP contribution in [0.5, 0.6) is 0 Å². The summed E-state index contributed by atoms with van der Waals surface area (Å²) in [6.07, 6.45) is 4.40. The van der Waals surface area contributed by atoms with E-state index in [1.807, 2.05) is 32.0 Å². The first-order chi connectivity index (χ1) is 12.5. The smallest absolute Gasteiger partial charge is 0.257 e. The molecule has 3 rings (SSSR count). The Morgan fingerprint density at radius 1 is 1.00 bits per heavy atom. The van der Waals surface area contributed by atoms with Gasteiger partial charge in [-0.15, -0.1) is 0 Å². The summed E-state index contributed by atoms with van der Waals surface area (Å²) >= 11 is 0. The first-order valence-corrected chi connectivity index (χ1v) is 8.16. The van der Waals surface area contributed by atoms with Crippen LogP contribution in [0.25, 0.3) is 0 Å². The maximum absolute atomic E-state index is 12.5. The lowest BCUT2D eigenvalue weighted by molar-refractivity contribution is 0.0947. The molecule has 6 nitrogen and oxygen atoms in total. The van der Waals surface area contributed by atoms with Crippen molar-refractivity contribution in [3.05, 3.63) is 83.1 Å². The summed E-state index contributed by atoms with van der Waals surface area (Å²) in [6.45, 7) is 4.20. The first kappa shape index (κ1) is 17.4. The molecule has 3 aromatic rings. The maximum Gasteiger partial charge on any atom is 0.257 e. The third-order valence-corrected chi connectivity index (χ3v) is 3.75. The molecule has 26 heavy (non-hydrogen) atoms. The molecule has 1 aromatic carbocycles. The Labute approximate surface area is 151 Å². The molecule has 0 spiro atoms. The molecule has 132 valence electrons. The minimum absolute atomic E-state index is 0.269. The normalized spacial score (nSPS) is 10.4. The Morgan fingerprint density at radius 3 is 2.35 bits per heavy atom. The highest BCUT2D eigenvalue weighted by molar-refractivity contribution is 6.05. The quantitative estimate of drug-likeness (QED) is 0.739. The molecular formula is C20H19N3O3. The zero-order valence-corrected chi connectivity index (χ0v) is 14.6. The standard InChI is InChI=1S/C20H19N3O3/c1-13-6-14(2)8-17(7-13)23-20(25)16-9-15(10-21-11-16)19(24)22-12-18-4-3-5-26-18/h3-11H,12H2,1-2H3,(H,22,24)(H,23,25). The van der Waals surface area contributed by atoms with Crippen molar-refractivity contribution in [1.29, 1.82) is 0 Å². The van der Waals surface area contributed by atoms with E-state index < -0.39 is 0 Å². The number of aryl methyl sites for hydroxylation is 2. The van der Waals surface area contributed by atoms with E-state index >= 15 is 0 Å². The number of furan rings is 1. The molecule has 0 radical (unpaired) electrons. The highest BCUT2D eigenvalue weighted by atomic mass is 16.3. The number of benzene rings is 1. The van der Waals surface area contributed by atoms with Gasteiger partial charge in [0.25, 0.3) is 11.8 Å². The van der Waals surface area contributed by atoms with Gasteiger partial charge in [0, 0.05) is 18.1 Å². The monoisotopic (exact) mass is 349 g/mol. The topological polar surface area (TPSA) is 84.2 Å². The van der Waals surface area contributed by atoms with Crippen LogP contribution in [0.4, 0.5) is 5.69 Å². The average Bonchev–Trinajstić information content (AvgIpc) is 3.12. The van der Waals surface area contributed by atoms with Gasteiger partial charge in [-0.25, -0.2) is 0 Å². The number of carbonyl (C=O) groups is 2. The fraction of sp³-hybridized carbons (Fsp3) is 0.150. The van der Waals surface area contributed by atoms with E-state index in [0.717, 1.165) is 11.1 Å². The molecule has 0 bridgehead atoms. The van der Waals surface area contributed by atoms with Gasteiger partial charge in [0.1, 0.15) is 5.76 Å². The number of amides is 2. The van der Waals surface area contributed by atoms with Gasteiger partial charge in [-0.1, -0.05) is 6.07 Å². The zero-order valence-electron chi connectivity index (χ0n) is 14.6. The van der Waals surface area contributed by atoms with Crippen LogP contribution in [0.3, 0.4) is 0 Å². The van der Waals surface area contributed by atoms with Gasteiger partial charge in [-0.05, 0) is 55.3 Å². The van der Waals surface area contributed by atoms with Gasteiger partial charge in [-0.2, -0.15) is 0 Å². The lowest BCUT2D eigenvalue weighted by Crippen LogP contribution is -2.23. The SMILES string of the molecule is Cc1cc(C)cc(NC(=O)c2cncc(C(=O)NCc3ccco3)c2)c1. The molecule has 2 amide bonds. The predicted octanol–water partition coefficient (Wildman–Crippen LogP) is 3.47. The second kappa shape index (κ2) is 7.65. The minimum Gasteiger partial charge on any atom is -0.467 e. The van der Waals surface area contributed by atoms with Crippen molar-refractivity contribution in [1.82, 2.24) is 10.3 Å². The molecule has 0 unspecified atom stereocenters. The van der Waals surface area contributed by atoms with E-state index in [2.05, 4.69) is 15.6 Å². The fourth-order valence-corrected chi connectivity index (χ4v) is 2.62. The Hall–Kier alpha value is -3.41. The summed E-state index contributed by atoms with van der Waals surface area (Å²) in [5.41, 5.74) is 3.45. The highest BCUT2D eigenvalue weighted by Crippen LogP contribution is 2.15. The summed E-state index contributed by atoms with van der Waals surface area (Å²) in [5, 5.41) is 5.56. The van der Waals surface area contributed by atoms with Crippen molar-refractivity contribution < 1.29 is 14.0 Å². The number of rotatable bonds is 5. The Balaban J connectivity index is 1.69. The van der Waals surface area contributed by atoms with E-state index in [4.69, 9.17) is 4.42 Å². The van der Waals surface area contributed by atoms with E-state index in [1.54, 1.807) is 18.4 Å². The average molecular weight is 349 g/mol. The minimum atomic E-state index is -0.324. The lowest BCUT2D eigenvalue weighted by Gasteiger charge is -2.08. The van der Waals surface area contributed by atoms with E-state index in [1.165, 1.54) is 18.5 Å². The number of pyridine rings is 1. The van der Waals surface area contributed by atoms with E-state index in [-0.39, 0.29) is 18.4 Å². The third kappa shape index (κ3) is 4.36. The van der Waals surface area contributed by atoms with Crippen LogP contribution in [0.2, 0.25) is 0 Å². The van der Waals surface area contributed by atoms with E-state index in [0.29, 0.717) is 22.6 Å². The summed E-state index contributed by atoms with van der Waals surface area (Å²) in [5.74, 6) is 0.00755. The van der Waals surface area contributed by atoms with Gasteiger partial charge < -0.3 is 15.1 Å². The molecular weight excluding hydrogens is 330 g/mol. The van der Waals surface area contributed by atoms with Crippen LogP contribution in [-0.4, -0.2) is 16.8 Å². The number of hydrogen-bond acceptors (Lipinski definition) is 4. The molecule has 2 heterocycles. The summed E-state index contributed by atoms with van der Waals surface area (Å²) in [6, 6.07) is 10.8. The van der Waals surface area contributed by atoms with Crippen molar-refractivity contribution in [2.24, 2.45) is 0 Å². The van der Waals surface area contributed by atoms with Crippen molar-refractivity contribution in [2.75, 3.05) is 5.32 Å². The number of nitrogens with zero attached hydrogens (tertiary/aromatic N) is 1. The third-order valence-electron chi connectivity index (χ3n) is 3.75. The molecule has 0 saturated heterocycles. The van der Waals surface area contributed by atoms with Crippen LogP contribution in [0.1, 0.15) is 37.6 Å². The Morgan fingerprint density at radius 2 is 1.69 bits per heavy atom. The van der Waals surface area contributed by atoms with Crippen LogP contribution in [0.15, 0.2) is 59.5 Å². The largest absolute Gasteiger partial charge is 0.467 e. The molecule has 0 saturated carbocycles. The molecule has 0 aliphatic rings. The summed E-state index contributed by atoms with van der Waals surface area (Å²) in [7, 11) is 0. The van der Waals surface area contributed by atoms with Crippen LogP contribution >= 0.6 is 0 Å². The molecule has 2 N–H and O–H groups in total. The number of aromatic nitrogens is 1.